The molecule has 1 saturated heterocycles. The fourth-order valence-electron chi connectivity index (χ4n) is 2.02. The minimum Gasteiger partial charge on any atom is -0.366 e. The van der Waals surface area contributed by atoms with E-state index in [1.807, 2.05) is 6.07 Å². The van der Waals surface area contributed by atoms with Gasteiger partial charge in [-0.05, 0) is 25.3 Å². The predicted octanol–water partition coefficient (Wildman–Crippen LogP) is 0.755. The van der Waals surface area contributed by atoms with Crippen molar-refractivity contribution in [2.45, 2.75) is 25.3 Å². The highest BCUT2D eigenvalue weighted by molar-refractivity contribution is 5.72. The molecule has 6 nitrogen and oxygen atoms in total. The molecule has 2 heterocycles. The Hall–Kier alpha value is -1.72. The number of nitrogens with zero attached hydrogens (tertiary/aromatic N) is 2. The molecule has 2 amide bonds. The lowest BCUT2D eigenvalue weighted by molar-refractivity contribution is 0.208. The number of carbonyl (C=O) groups is 1. The fraction of sp³-hybridized carbons (Fsp3) is 0.600. The van der Waals surface area contributed by atoms with E-state index in [1.54, 1.807) is 11.1 Å². The van der Waals surface area contributed by atoms with Crippen LogP contribution < -0.4 is 11.1 Å². The summed E-state index contributed by atoms with van der Waals surface area (Å²) >= 11 is 0. The maximum Gasteiger partial charge on any atom is 0.314 e. The van der Waals surface area contributed by atoms with Crippen LogP contribution in [-0.2, 0) is 0 Å². The first kappa shape index (κ1) is 10.8. The molecular formula is C10H17N5O. The van der Waals surface area contributed by atoms with Crippen LogP contribution in [0.15, 0.2) is 12.3 Å². The number of aromatic nitrogens is 2. The summed E-state index contributed by atoms with van der Waals surface area (Å²) in [5.41, 5.74) is 5.31. The monoisotopic (exact) mass is 223 g/mol. The van der Waals surface area contributed by atoms with E-state index < -0.39 is 0 Å². The van der Waals surface area contributed by atoms with Gasteiger partial charge in [-0.15, -0.1) is 0 Å². The summed E-state index contributed by atoms with van der Waals surface area (Å²) in [6.07, 6.45) is 4.87. The number of aromatic amines is 1. The van der Waals surface area contributed by atoms with Gasteiger partial charge in [-0.3, -0.25) is 5.10 Å². The number of nitrogens with two attached hydrogens (primary N) is 1. The van der Waals surface area contributed by atoms with Gasteiger partial charge in [0.1, 0.15) is 5.82 Å². The van der Waals surface area contributed by atoms with Crippen molar-refractivity contribution in [1.29, 1.82) is 0 Å². The molecule has 0 aromatic carbocycles. The smallest absolute Gasteiger partial charge is 0.314 e. The first-order valence-electron chi connectivity index (χ1n) is 5.56. The molecule has 1 aromatic rings. The summed E-state index contributed by atoms with van der Waals surface area (Å²) in [4.78, 5) is 12.9. The normalized spacial score (nSPS) is 21.5. The van der Waals surface area contributed by atoms with Gasteiger partial charge in [0.15, 0.2) is 0 Å². The van der Waals surface area contributed by atoms with E-state index in [2.05, 4.69) is 15.5 Å². The Morgan fingerprint density at radius 1 is 1.62 bits per heavy atom. The number of anilines is 1. The van der Waals surface area contributed by atoms with Gasteiger partial charge in [-0.1, -0.05) is 0 Å². The van der Waals surface area contributed by atoms with Crippen LogP contribution in [0.1, 0.15) is 19.3 Å². The number of nitrogens with one attached hydrogen (secondary N) is 2. The number of urea groups is 1. The lowest BCUT2D eigenvalue weighted by Gasteiger charge is -2.23. The number of primary amides is 1. The van der Waals surface area contributed by atoms with E-state index in [-0.39, 0.29) is 12.1 Å². The third-order valence-corrected chi connectivity index (χ3v) is 2.84. The summed E-state index contributed by atoms with van der Waals surface area (Å²) in [5, 5.41) is 10.0. The van der Waals surface area contributed by atoms with Gasteiger partial charge in [-0.25, -0.2) is 4.79 Å². The van der Waals surface area contributed by atoms with Crippen LogP contribution in [0.25, 0.3) is 0 Å². The van der Waals surface area contributed by atoms with Crippen molar-refractivity contribution in [2.75, 3.05) is 18.4 Å². The Morgan fingerprint density at radius 3 is 3.19 bits per heavy atom. The highest BCUT2D eigenvalue weighted by Crippen LogP contribution is 2.14. The molecular weight excluding hydrogens is 206 g/mol. The lowest BCUT2D eigenvalue weighted by atomic mass is 10.1. The molecule has 0 aliphatic carbocycles. The Labute approximate surface area is 94.2 Å². The van der Waals surface area contributed by atoms with Crippen LogP contribution in [0.3, 0.4) is 0 Å². The molecule has 2 rings (SSSR count). The van der Waals surface area contributed by atoms with Gasteiger partial charge < -0.3 is 16.0 Å². The first-order chi connectivity index (χ1) is 7.75. The maximum atomic E-state index is 11.2. The number of carbonyl (C=O) groups excluding carboxylic acids is 1. The molecule has 1 aliphatic rings. The zero-order valence-corrected chi connectivity index (χ0v) is 9.15. The molecule has 0 unspecified atom stereocenters. The zero-order valence-electron chi connectivity index (χ0n) is 9.15. The third kappa shape index (κ3) is 2.65. The molecule has 16 heavy (non-hydrogen) atoms. The number of rotatable bonds is 2. The number of amides is 2. The Bertz CT molecular complexity index is 337. The van der Waals surface area contributed by atoms with Gasteiger partial charge >= 0.3 is 6.03 Å². The van der Waals surface area contributed by atoms with Crippen molar-refractivity contribution >= 4 is 11.8 Å². The number of hydrogen-bond acceptors (Lipinski definition) is 3. The first-order valence-corrected chi connectivity index (χ1v) is 5.56. The fourth-order valence-corrected chi connectivity index (χ4v) is 2.02. The molecule has 1 aromatic heterocycles. The van der Waals surface area contributed by atoms with Crippen molar-refractivity contribution in [3.63, 3.8) is 0 Å². The highest BCUT2D eigenvalue weighted by atomic mass is 16.2. The highest BCUT2D eigenvalue weighted by Gasteiger charge is 2.20. The average molecular weight is 223 g/mol. The molecule has 0 saturated carbocycles. The van der Waals surface area contributed by atoms with Crippen molar-refractivity contribution in [2.24, 2.45) is 5.73 Å². The van der Waals surface area contributed by atoms with E-state index >= 15 is 0 Å². The number of H-pyrrole nitrogens is 1. The van der Waals surface area contributed by atoms with Gasteiger partial charge in [-0.2, -0.15) is 5.10 Å². The standard InChI is InChI=1S/C10H17N5O/c11-10(16)15-6-2-1-3-8(7-15)13-9-4-5-12-14-9/h4-5,8H,1-3,6-7H2,(H2,11,16)(H2,12,13,14)/t8-/m0/s1. The Balaban J connectivity index is 1.95. The quantitative estimate of drug-likeness (QED) is 0.691. The molecule has 0 spiro atoms. The minimum atomic E-state index is -0.335. The third-order valence-electron chi connectivity index (χ3n) is 2.84. The van der Waals surface area contributed by atoms with Crippen molar-refractivity contribution in [3.05, 3.63) is 12.3 Å². The summed E-state index contributed by atoms with van der Waals surface area (Å²) in [6.45, 7) is 1.42. The van der Waals surface area contributed by atoms with E-state index in [9.17, 15) is 4.79 Å². The maximum absolute atomic E-state index is 11.2. The second kappa shape index (κ2) is 4.87. The Kier molecular flexibility index (Phi) is 3.28. The zero-order chi connectivity index (χ0) is 11.4. The molecule has 4 N–H and O–H groups in total. The van der Waals surface area contributed by atoms with Crippen LogP contribution in [0.2, 0.25) is 0 Å². The molecule has 1 fully saturated rings. The van der Waals surface area contributed by atoms with E-state index in [0.29, 0.717) is 6.54 Å². The molecule has 6 heteroatoms. The SMILES string of the molecule is NC(=O)N1CCCC[C@H](Nc2ccn[nH]2)C1. The summed E-state index contributed by atoms with van der Waals surface area (Å²) < 4.78 is 0. The summed E-state index contributed by atoms with van der Waals surface area (Å²) in [7, 11) is 0. The van der Waals surface area contributed by atoms with Crippen molar-refractivity contribution in [1.82, 2.24) is 15.1 Å². The van der Waals surface area contributed by atoms with Crippen LogP contribution in [0.5, 0.6) is 0 Å². The molecule has 0 bridgehead atoms. The van der Waals surface area contributed by atoms with E-state index in [1.165, 1.54) is 0 Å². The van der Waals surface area contributed by atoms with Gasteiger partial charge in [0.2, 0.25) is 0 Å². The molecule has 1 atom stereocenters. The largest absolute Gasteiger partial charge is 0.366 e. The number of likely N-dealkylation sites (tertiary alicyclic amines) is 1. The lowest BCUT2D eigenvalue weighted by Crippen LogP contribution is -2.42. The minimum absolute atomic E-state index is 0.246. The van der Waals surface area contributed by atoms with Gasteiger partial charge in [0, 0.05) is 19.1 Å². The van der Waals surface area contributed by atoms with Crippen LogP contribution in [0.4, 0.5) is 10.6 Å². The predicted molar refractivity (Wildman–Crippen MR) is 61.0 cm³/mol. The van der Waals surface area contributed by atoms with E-state index in [0.717, 1.165) is 31.6 Å². The summed E-state index contributed by atoms with van der Waals surface area (Å²) in [5.74, 6) is 0.885. The van der Waals surface area contributed by atoms with Crippen LogP contribution in [-0.4, -0.2) is 40.3 Å². The Morgan fingerprint density at radius 2 is 2.50 bits per heavy atom. The van der Waals surface area contributed by atoms with Crippen molar-refractivity contribution in [3.8, 4) is 0 Å². The average Bonchev–Trinajstić information content (AvgIpc) is 2.62. The molecule has 1 aliphatic heterocycles. The van der Waals surface area contributed by atoms with Crippen molar-refractivity contribution < 1.29 is 4.79 Å². The second-order valence-corrected chi connectivity index (χ2v) is 4.09. The van der Waals surface area contributed by atoms with Crippen LogP contribution in [0, 0.1) is 0 Å². The summed E-state index contributed by atoms with van der Waals surface area (Å²) in [6, 6.07) is 1.79. The van der Waals surface area contributed by atoms with Gasteiger partial charge in [0.05, 0.1) is 6.20 Å². The topological polar surface area (TPSA) is 87.0 Å². The number of hydrogen-bond donors (Lipinski definition) is 3. The van der Waals surface area contributed by atoms with Crippen LogP contribution >= 0.6 is 0 Å². The van der Waals surface area contributed by atoms with Gasteiger partial charge in [0.25, 0.3) is 0 Å². The molecule has 0 radical (unpaired) electrons. The van der Waals surface area contributed by atoms with E-state index in [4.69, 9.17) is 5.73 Å². The molecule has 88 valence electrons. The second-order valence-electron chi connectivity index (χ2n) is 4.09.